The fraction of sp³-hybridized carbons (Fsp3) is 0.569. The molecule has 0 aliphatic heterocycles. The lowest BCUT2D eigenvalue weighted by Gasteiger charge is -2.70. The predicted molar refractivity (Wildman–Crippen MR) is 231 cm³/mol. The van der Waals surface area contributed by atoms with E-state index < -0.39 is 79.1 Å². The number of hydrogen-bond donors (Lipinski definition) is 6. The molecule has 3 fully saturated rings. The Labute approximate surface area is 358 Å². The van der Waals surface area contributed by atoms with Gasteiger partial charge in [0.25, 0.3) is 0 Å². The zero-order valence-electron chi connectivity index (χ0n) is 35.8. The van der Waals surface area contributed by atoms with Crippen molar-refractivity contribution in [2.45, 2.75) is 127 Å². The van der Waals surface area contributed by atoms with Crippen LogP contribution in [0.4, 0.5) is 0 Å². The van der Waals surface area contributed by atoms with Crippen LogP contribution in [0.5, 0.6) is 0 Å². The van der Waals surface area contributed by atoms with Crippen LogP contribution in [0.1, 0.15) is 110 Å². The third kappa shape index (κ3) is 4.65. The van der Waals surface area contributed by atoms with Crippen LogP contribution in [0, 0.1) is 62.6 Å². The largest absolute Gasteiger partial charge is 0.478 e. The molecule has 9 aliphatic rings. The Morgan fingerprint density at radius 3 is 2.36 bits per heavy atom. The molecule has 3 saturated carbocycles. The third-order valence-corrected chi connectivity index (χ3v) is 18.9. The molecule has 10 rings (SSSR count). The highest BCUT2D eigenvalue weighted by atomic mass is 16.4. The molecule has 9 aliphatic carbocycles. The van der Waals surface area contributed by atoms with Gasteiger partial charge in [-0.1, -0.05) is 88.4 Å². The quantitative estimate of drug-likeness (QED) is 0.0898. The number of rotatable bonds is 4. The number of aliphatic hydroxyl groups is 3. The van der Waals surface area contributed by atoms with Gasteiger partial charge >= 0.3 is 5.97 Å². The minimum Gasteiger partial charge on any atom is -0.478 e. The van der Waals surface area contributed by atoms with Crippen molar-refractivity contribution in [3.05, 3.63) is 88.6 Å². The van der Waals surface area contributed by atoms with Crippen LogP contribution >= 0.6 is 0 Å². The minimum atomic E-state index is -1.76. The smallest absolute Gasteiger partial charge is 0.331 e. The van der Waals surface area contributed by atoms with Gasteiger partial charge in [0.05, 0.1) is 16.7 Å². The Morgan fingerprint density at radius 1 is 0.885 bits per heavy atom. The lowest BCUT2D eigenvalue weighted by Crippen LogP contribution is -2.71. The van der Waals surface area contributed by atoms with Gasteiger partial charge in [-0.25, -0.2) is 9.79 Å². The minimum absolute atomic E-state index is 0.0567. The summed E-state index contributed by atoms with van der Waals surface area (Å²) in [6, 6.07) is 9.88. The van der Waals surface area contributed by atoms with Crippen LogP contribution < -0.4 is 11.5 Å². The number of carbonyl (C=O) groups excluding carboxylic acids is 2. The zero-order chi connectivity index (χ0) is 43.4. The number of nitrogens with zero attached hydrogens (tertiary/aromatic N) is 1. The lowest BCUT2D eigenvalue weighted by atomic mass is 9.33. The van der Waals surface area contributed by atoms with Gasteiger partial charge in [-0.3, -0.25) is 9.59 Å². The van der Waals surface area contributed by atoms with Gasteiger partial charge in [-0.2, -0.15) is 0 Å². The number of fused-ring (bicyclic) bond motifs is 5. The first-order chi connectivity index (χ1) is 28.7. The average Bonchev–Trinajstić information content (AvgIpc) is 3.35. The Morgan fingerprint density at radius 2 is 1.64 bits per heavy atom. The molecule has 8 N–H and O–H groups in total. The van der Waals surface area contributed by atoms with Gasteiger partial charge < -0.3 is 31.9 Å². The van der Waals surface area contributed by atoms with Crippen LogP contribution in [-0.2, 0) is 14.4 Å². The molecular formula is C51H59N3O7. The van der Waals surface area contributed by atoms with Crippen molar-refractivity contribution in [1.82, 2.24) is 0 Å². The van der Waals surface area contributed by atoms with Gasteiger partial charge in [0.2, 0.25) is 0 Å². The average molecular weight is 826 g/mol. The van der Waals surface area contributed by atoms with E-state index in [2.05, 4.69) is 44.8 Å². The molecule has 0 saturated heterocycles. The van der Waals surface area contributed by atoms with Gasteiger partial charge in [0.1, 0.15) is 11.4 Å². The summed E-state index contributed by atoms with van der Waals surface area (Å²) in [6.45, 7) is 8.29. The molecule has 1 aromatic carbocycles. The SMILES string of the molecule is C[C@@H]1[C@H]2[C@@](N=C(N)N)(C=C[C@@]13C[C@@]1(O)C=C[C@]4(O)C5=C6C(=O)C[C@@]3(C)[C@]51CCC#CC[C@]1(C)C(=O)CC[C@@]6(C)[C@@H]1[C@H]4/C=C/c1ccccc1)CCC1=C(C(=O)O)CCC[C@@]12O. The van der Waals surface area contributed by atoms with Crippen molar-refractivity contribution in [3.8, 4) is 11.8 Å². The van der Waals surface area contributed by atoms with Crippen LogP contribution in [0.25, 0.3) is 6.08 Å². The first-order valence-electron chi connectivity index (χ1n) is 22.4. The second-order valence-corrected chi connectivity index (χ2v) is 21.1. The maximum Gasteiger partial charge on any atom is 0.331 e. The number of ketones is 2. The number of allylic oxidation sites excluding steroid dienone is 2. The summed E-state index contributed by atoms with van der Waals surface area (Å²) >= 11 is 0. The van der Waals surface area contributed by atoms with Gasteiger partial charge in [0.15, 0.2) is 11.7 Å². The molecule has 0 heterocycles. The number of aliphatic imine (C=N–C) groups is 1. The molecule has 1 aromatic rings. The lowest BCUT2D eigenvalue weighted by molar-refractivity contribution is -0.172. The number of carboxylic acid groups (broad SMARTS) is 1. The number of hydrogen-bond acceptors (Lipinski definition) is 7. The summed E-state index contributed by atoms with van der Waals surface area (Å²) in [5.41, 5.74) is 4.14. The highest BCUT2D eigenvalue weighted by Crippen LogP contribution is 2.84. The Hall–Kier alpha value is -4.56. The Bertz CT molecular complexity index is 2450. The van der Waals surface area contributed by atoms with Gasteiger partial charge in [-0.05, 0) is 91.4 Å². The Kier molecular flexibility index (Phi) is 8.33. The molecule has 13 atom stereocenters. The maximum atomic E-state index is 15.8. The number of aliphatic carboxylic acids is 1. The topological polar surface area (TPSA) is 197 Å². The van der Waals surface area contributed by atoms with E-state index in [1.54, 1.807) is 12.2 Å². The number of nitrogens with two attached hydrogens (primary N) is 2. The molecule has 320 valence electrons. The summed E-state index contributed by atoms with van der Waals surface area (Å²) in [5.74, 6) is 3.34. The van der Waals surface area contributed by atoms with Crippen molar-refractivity contribution in [1.29, 1.82) is 0 Å². The number of carboxylic acids is 1. The second-order valence-electron chi connectivity index (χ2n) is 21.1. The van der Waals surface area contributed by atoms with Crippen molar-refractivity contribution in [3.63, 3.8) is 0 Å². The molecule has 4 bridgehead atoms. The number of Topliss-reactive ketones (excluding diaryl/α,β-unsaturated/α-hetero) is 2. The highest BCUT2D eigenvalue weighted by molar-refractivity contribution is 6.02. The molecule has 2 spiro atoms. The van der Waals surface area contributed by atoms with Crippen LogP contribution in [-0.4, -0.2) is 66.3 Å². The van der Waals surface area contributed by atoms with E-state index in [4.69, 9.17) is 16.5 Å². The number of benzene rings is 1. The van der Waals surface area contributed by atoms with Gasteiger partial charge in [0, 0.05) is 70.3 Å². The third-order valence-electron chi connectivity index (χ3n) is 18.9. The van der Waals surface area contributed by atoms with Crippen molar-refractivity contribution >= 4 is 29.6 Å². The van der Waals surface area contributed by atoms with E-state index in [0.717, 1.165) is 5.56 Å². The van der Waals surface area contributed by atoms with E-state index in [0.29, 0.717) is 68.1 Å². The molecule has 0 aromatic heterocycles. The molecule has 0 amide bonds. The van der Waals surface area contributed by atoms with Crippen LogP contribution in [0.2, 0.25) is 0 Å². The normalized spacial score (nSPS) is 47.7. The highest BCUT2D eigenvalue weighted by Gasteiger charge is 2.84. The van der Waals surface area contributed by atoms with E-state index in [1.165, 1.54) is 0 Å². The van der Waals surface area contributed by atoms with E-state index in [1.807, 2.05) is 49.4 Å². The number of guanidine groups is 1. The maximum absolute atomic E-state index is 15.8. The predicted octanol–water partition coefficient (Wildman–Crippen LogP) is 6.12. The monoisotopic (exact) mass is 825 g/mol. The fourth-order valence-corrected chi connectivity index (χ4v) is 16.7. The summed E-state index contributed by atoms with van der Waals surface area (Å²) in [4.78, 5) is 47.9. The van der Waals surface area contributed by atoms with E-state index in [-0.39, 0.29) is 48.8 Å². The molecule has 0 radical (unpaired) electrons. The summed E-state index contributed by atoms with van der Waals surface area (Å²) < 4.78 is 0. The fourth-order valence-electron chi connectivity index (χ4n) is 16.7. The summed E-state index contributed by atoms with van der Waals surface area (Å²) in [6.07, 6.45) is 15.5. The molecule has 61 heavy (non-hydrogen) atoms. The summed E-state index contributed by atoms with van der Waals surface area (Å²) in [7, 11) is 0. The second kappa shape index (κ2) is 12.5. The molecular weight excluding hydrogens is 767 g/mol. The van der Waals surface area contributed by atoms with Crippen molar-refractivity contribution in [2.24, 2.45) is 67.2 Å². The van der Waals surface area contributed by atoms with Crippen molar-refractivity contribution in [2.75, 3.05) is 0 Å². The van der Waals surface area contributed by atoms with Gasteiger partial charge in [-0.15, -0.1) is 11.8 Å². The first kappa shape index (κ1) is 40.5. The van der Waals surface area contributed by atoms with Crippen LogP contribution in [0.15, 0.2) is 88.0 Å². The molecule has 0 unspecified atom stereocenters. The zero-order valence-corrected chi connectivity index (χ0v) is 35.8. The Balaban J connectivity index is 1.27. The molecule has 10 heteroatoms. The van der Waals surface area contributed by atoms with E-state index in [9.17, 15) is 30.0 Å². The first-order valence-corrected chi connectivity index (χ1v) is 22.4. The van der Waals surface area contributed by atoms with E-state index >= 15 is 4.79 Å². The summed E-state index contributed by atoms with van der Waals surface area (Å²) in [5, 5.41) is 51.6. The molecule has 10 nitrogen and oxygen atoms in total. The van der Waals surface area contributed by atoms with Crippen LogP contribution in [0.3, 0.4) is 0 Å². The standard InChI is InChI=1S/C51H59N3O7/c1-30-38-47(54-42(52)53,23-17-33-32(41(57)58)14-11-20-49(33,38)60)25-24-46(30)29-48(59)26-27-50(61)34(16-15-31-12-7-5-8-13-31)39-43(2)19-9-6-10-21-51(48)40(50)37(35(55)28-45(46,51)4)44(39,3)22-18-36(43)56/h5,7-8,12-13,15-16,24-27,30,34,38-39,59-61H,10-11,14,17-23,28-29H2,1-4H3,(H,57,58)(H4,52,53,54)/b16-15+/t30-,34-,38+,39-,43-,44-,45-,46-,47+,48+,49-,50-,51+/m1/s1. The van der Waals surface area contributed by atoms with Crippen molar-refractivity contribution < 1.29 is 34.8 Å². The number of carbonyl (C=O) groups is 3.